The van der Waals surface area contributed by atoms with Crippen molar-refractivity contribution in [1.29, 1.82) is 0 Å². The summed E-state index contributed by atoms with van der Waals surface area (Å²) in [5, 5.41) is 8.86. The molecule has 160 valence electrons. The Morgan fingerprint density at radius 3 is 2.55 bits per heavy atom. The molecule has 0 heterocycles. The largest absolute Gasteiger partial charge is 0.555 e. The van der Waals surface area contributed by atoms with E-state index in [4.69, 9.17) is 14.4 Å². The summed E-state index contributed by atoms with van der Waals surface area (Å²) in [5.74, 6) is -0.456. The van der Waals surface area contributed by atoms with Gasteiger partial charge in [-0.05, 0) is 43.4 Å². The summed E-state index contributed by atoms with van der Waals surface area (Å²) in [4.78, 5) is 24.8. The van der Waals surface area contributed by atoms with Crippen molar-refractivity contribution in [2.45, 2.75) is 26.7 Å². The van der Waals surface area contributed by atoms with Crippen LogP contribution in [-0.2, 0) is 23.7 Å². The molecule has 0 aromatic heterocycles. The number of carbonyl (C=O) groups is 1. The monoisotopic (exact) mass is 426 g/mol. The van der Waals surface area contributed by atoms with Gasteiger partial charge in [0.15, 0.2) is 0 Å². The Kier molecular flexibility index (Phi) is 9.85. The van der Waals surface area contributed by atoms with Gasteiger partial charge in [-0.25, -0.2) is 14.2 Å². The summed E-state index contributed by atoms with van der Waals surface area (Å²) in [6.45, 7) is 7.79. The van der Waals surface area contributed by atoms with Gasteiger partial charge in [-0.3, -0.25) is 4.89 Å². The van der Waals surface area contributed by atoms with Crippen molar-refractivity contribution in [3.8, 4) is 5.75 Å². The number of hydrogen-bond donors (Lipinski definition) is 2. The Balaban J connectivity index is 3.52. The fourth-order valence-electron chi connectivity index (χ4n) is 2.83. The average Bonchev–Trinajstić information content (AvgIpc) is 2.65. The zero-order chi connectivity index (χ0) is 22.0. The van der Waals surface area contributed by atoms with E-state index in [0.717, 1.165) is 31.6 Å². The van der Waals surface area contributed by atoms with Crippen LogP contribution >= 0.6 is 7.82 Å². The second kappa shape index (κ2) is 11.6. The van der Waals surface area contributed by atoms with E-state index < -0.39 is 13.8 Å². The van der Waals surface area contributed by atoms with Crippen LogP contribution in [0.15, 0.2) is 42.5 Å². The van der Waals surface area contributed by atoms with Crippen LogP contribution < -0.4 is 4.52 Å². The van der Waals surface area contributed by atoms with Crippen molar-refractivity contribution in [3.05, 3.63) is 53.6 Å². The van der Waals surface area contributed by atoms with E-state index >= 15 is 0 Å². The highest BCUT2D eigenvalue weighted by Gasteiger charge is 2.26. The molecule has 0 radical (unpaired) electrons. The predicted octanol–water partition coefficient (Wildman–Crippen LogP) is 4.82. The maximum atomic E-state index is 12.0. The van der Waals surface area contributed by atoms with Gasteiger partial charge in [-0.15, -0.1) is 11.3 Å². The van der Waals surface area contributed by atoms with Crippen molar-refractivity contribution < 1.29 is 38.2 Å². The third kappa shape index (κ3) is 7.51. The maximum Gasteiger partial charge on any atom is 0.555 e. The van der Waals surface area contributed by atoms with Gasteiger partial charge in [0.05, 0.1) is 14.2 Å². The van der Waals surface area contributed by atoms with E-state index in [1.54, 1.807) is 12.1 Å². The molecule has 2 unspecified atom stereocenters. The van der Waals surface area contributed by atoms with Gasteiger partial charge in [-0.1, -0.05) is 25.1 Å². The molecule has 0 saturated carbocycles. The van der Waals surface area contributed by atoms with Crippen molar-refractivity contribution >= 4 is 25.6 Å². The van der Waals surface area contributed by atoms with Crippen LogP contribution in [0.1, 0.15) is 37.8 Å². The van der Waals surface area contributed by atoms with Crippen LogP contribution in [0, 0.1) is 5.92 Å². The summed E-state index contributed by atoms with van der Waals surface area (Å²) in [5.41, 5.74) is 1.83. The molecule has 0 aliphatic rings. The topological polar surface area (TPSA) is 112 Å². The first-order valence-corrected chi connectivity index (χ1v) is 10.3. The molecule has 0 spiro atoms. The number of carboxylic acids is 1. The van der Waals surface area contributed by atoms with E-state index in [1.807, 2.05) is 13.0 Å². The summed E-state index contributed by atoms with van der Waals surface area (Å²) < 4.78 is 26.9. The molecule has 0 amide bonds. The van der Waals surface area contributed by atoms with Crippen LogP contribution in [0.2, 0.25) is 0 Å². The molecule has 0 aliphatic heterocycles. The lowest BCUT2D eigenvalue weighted by Gasteiger charge is -2.20. The second-order valence-electron chi connectivity index (χ2n) is 6.07. The van der Waals surface area contributed by atoms with Gasteiger partial charge in [0.2, 0.25) is 0 Å². The smallest absolute Gasteiger partial charge is 0.496 e. The van der Waals surface area contributed by atoms with Gasteiger partial charge in [0.1, 0.15) is 11.5 Å². The third-order valence-electron chi connectivity index (χ3n) is 4.18. The molecule has 8 nitrogen and oxygen atoms in total. The van der Waals surface area contributed by atoms with E-state index in [2.05, 4.69) is 23.1 Å². The SMILES string of the molecule is C=CCC(CC)/C(C)=C(/OC)c1ccc(/C=C/C(=O)O)c(OP(=O)(O)OOC)c1. The lowest BCUT2D eigenvalue weighted by Crippen LogP contribution is -2.05. The number of rotatable bonds is 12. The highest BCUT2D eigenvalue weighted by Crippen LogP contribution is 2.46. The van der Waals surface area contributed by atoms with Crippen LogP contribution in [0.25, 0.3) is 11.8 Å². The molecule has 1 aromatic carbocycles. The molecule has 0 bridgehead atoms. The summed E-state index contributed by atoms with van der Waals surface area (Å²) in [6.07, 6.45) is 5.61. The number of hydrogen-bond acceptors (Lipinski definition) is 6. The van der Waals surface area contributed by atoms with E-state index in [-0.39, 0.29) is 17.2 Å². The summed E-state index contributed by atoms with van der Waals surface area (Å²) >= 11 is 0. The van der Waals surface area contributed by atoms with Crippen LogP contribution in [0.5, 0.6) is 5.75 Å². The highest BCUT2D eigenvalue weighted by atomic mass is 31.2. The van der Waals surface area contributed by atoms with Crippen molar-refractivity contribution in [2.24, 2.45) is 5.92 Å². The number of benzene rings is 1. The molecule has 9 heteroatoms. The van der Waals surface area contributed by atoms with Gasteiger partial charge in [0.25, 0.3) is 0 Å². The molecule has 0 aliphatic carbocycles. The highest BCUT2D eigenvalue weighted by molar-refractivity contribution is 7.47. The number of phosphoric ester groups is 1. The van der Waals surface area contributed by atoms with E-state index in [1.165, 1.54) is 19.3 Å². The number of aliphatic carboxylic acids is 1. The van der Waals surface area contributed by atoms with Gasteiger partial charge < -0.3 is 14.4 Å². The van der Waals surface area contributed by atoms with Crippen LogP contribution in [-0.4, -0.2) is 30.2 Å². The van der Waals surface area contributed by atoms with Crippen molar-refractivity contribution in [3.63, 3.8) is 0 Å². The quantitative estimate of drug-likeness (QED) is 0.122. The second-order valence-corrected chi connectivity index (χ2v) is 7.34. The minimum Gasteiger partial charge on any atom is -0.496 e. The Morgan fingerprint density at radius 1 is 1.34 bits per heavy atom. The molecule has 1 rings (SSSR count). The number of carboxylic acid groups (broad SMARTS) is 1. The lowest BCUT2D eigenvalue weighted by atomic mass is 9.91. The number of phosphoric acid groups is 1. The van der Waals surface area contributed by atoms with Crippen molar-refractivity contribution in [1.82, 2.24) is 0 Å². The molecule has 29 heavy (non-hydrogen) atoms. The van der Waals surface area contributed by atoms with Gasteiger partial charge in [-0.2, -0.15) is 0 Å². The Morgan fingerprint density at radius 2 is 2.03 bits per heavy atom. The standard InChI is InChI=1S/C20H27O8P/c1-6-8-15(7-2)14(3)20(25-4)17-10-9-16(11-12-19(21)22)18(13-17)27-29(23,24)28-26-5/h6,9-13,15H,1,7-8H2,2-5H3,(H,21,22)(H,23,24)/b12-11+,20-14+. The normalized spacial score (nSPS) is 15.3. The van der Waals surface area contributed by atoms with Crippen molar-refractivity contribution in [2.75, 3.05) is 14.2 Å². The Bertz CT molecular complexity index is 828. The summed E-state index contributed by atoms with van der Waals surface area (Å²) in [7, 11) is -1.99. The minimum absolute atomic E-state index is 0.0676. The Labute approximate surface area is 170 Å². The summed E-state index contributed by atoms with van der Waals surface area (Å²) in [6, 6.07) is 4.74. The molecular weight excluding hydrogens is 399 g/mol. The van der Waals surface area contributed by atoms with Gasteiger partial charge in [0, 0.05) is 17.2 Å². The fourth-order valence-corrected chi connectivity index (χ4v) is 3.46. The van der Waals surface area contributed by atoms with Crippen LogP contribution in [0.3, 0.4) is 0 Å². The molecule has 0 fully saturated rings. The molecule has 1 aromatic rings. The van der Waals surface area contributed by atoms with E-state index in [0.29, 0.717) is 11.3 Å². The van der Waals surface area contributed by atoms with Gasteiger partial charge >= 0.3 is 13.8 Å². The fraction of sp³-hybridized carbons (Fsp3) is 0.350. The Hall–Kier alpha value is -2.38. The zero-order valence-electron chi connectivity index (χ0n) is 17.0. The lowest BCUT2D eigenvalue weighted by molar-refractivity contribution is -0.193. The number of methoxy groups -OCH3 is 1. The number of allylic oxidation sites excluding steroid dienone is 2. The first-order chi connectivity index (χ1) is 13.7. The minimum atomic E-state index is -4.58. The molecule has 2 atom stereocenters. The third-order valence-corrected chi connectivity index (χ3v) is 4.95. The zero-order valence-corrected chi connectivity index (χ0v) is 17.8. The molecule has 0 saturated heterocycles. The average molecular weight is 426 g/mol. The first-order valence-electron chi connectivity index (χ1n) is 8.84. The predicted molar refractivity (Wildman–Crippen MR) is 110 cm³/mol. The first kappa shape index (κ1) is 24.7. The maximum absolute atomic E-state index is 12.0. The van der Waals surface area contributed by atoms with E-state index in [9.17, 15) is 14.3 Å². The molecule has 2 N–H and O–H groups in total. The van der Waals surface area contributed by atoms with Crippen LogP contribution in [0.4, 0.5) is 0 Å². The molecular formula is C20H27O8P. The number of ether oxygens (including phenoxy) is 1.